The molecule has 2 fully saturated rings. The maximum Gasteiger partial charge on any atom is 0.123 e. The number of nitrogens with one attached hydrogen (secondary N) is 1. The normalized spacial score (nSPS) is 33.4. The van der Waals surface area contributed by atoms with Crippen LogP contribution in [0.3, 0.4) is 0 Å². The summed E-state index contributed by atoms with van der Waals surface area (Å²) in [5, 5.41) is 3.83. The van der Waals surface area contributed by atoms with E-state index in [-0.39, 0.29) is 0 Å². The molecule has 2 aliphatic carbocycles. The zero-order chi connectivity index (χ0) is 15.3. The van der Waals surface area contributed by atoms with E-state index in [9.17, 15) is 0 Å². The van der Waals surface area contributed by atoms with Gasteiger partial charge in [-0.1, -0.05) is 36.7 Å². The molecule has 2 nitrogen and oxygen atoms in total. The van der Waals surface area contributed by atoms with Crippen molar-refractivity contribution in [3.63, 3.8) is 0 Å². The number of ether oxygens (including phenoxy) is 1. The third-order valence-corrected chi connectivity index (χ3v) is 7.07. The van der Waals surface area contributed by atoms with Crippen molar-refractivity contribution in [2.24, 2.45) is 16.7 Å². The molecular weight excluding hydrogens is 326 g/mol. The first-order chi connectivity index (χ1) is 9.88. The largest absolute Gasteiger partial charge is 0.496 e. The molecule has 2 bridgehead atoms. The van der Waals surface area contributed by atoms with E-state index >= 15 is 0 Å². The molecule has 3 rings (SSSR count). The molecule has 0 aliphatic heterocycles. The molecule has 3 heteroatoms. The number of rotatable bonds is 4. The van der Waals surface area contributed by atoms with Gasteiger partial charge in [0.05, 0.1) is 7.11 Å². The minimum Gasteiger partial charge on any atom is -0.496 e. The summed E-state index contributed by atoms with van der Waals surface area (Å²) >= 11 is 3.56. The first kappa shape index (κ1) is 15.4. The Morgan fingerprint density at radius 2 is 2.10 bits per heavy atom. The summed E-state index contributed by atoms with van der Waals surface area (Å²) in [5.41, 5.74) is 2.12. The first-order valence-corrected chi connectivity index (χ1v) is 8.73. The maximum atomic E-state index is 5.48. The second-order valence-corrected chi connectivity index (χ2v) is 8.42. The van der Waals surface area contributed by atoms with Crippen molar-refractivity contribution in [2.75, 3.05) is 7.11 Å². The minimum absolute atomic E-state index is 0.427. The standard InChI is InChI=1S/C18H26BrNO/c1-17(2)13-7-8-18(17,3)16(10-13)20-11-12-9-14(19)5-6-15(12)21-4/h5-6,9,13,16,20H,7-8,10-11H2,1-4H3/t13-,16-,18+/m0/s1. The number of halogens is 1. The third kappa shape index (κ3) is 2.33. The molecule has 2 aliphatic rings. The Balaban J connectivity index is 1.74. The Morgan fingerprint density at radius 1 is 1.33 bits per heavy atom. The fourth-order valence-electron chi connectivity index (χ4n) is 4.63. The van der Waals surface area contributed by atoms with Gasteiger partial charge in [-0.25, -0.2) is 0 Å². The Bertz CT molecular complexity index is 542. The highest BCUT2D eigenvalue weighted by Gasteiger charge is 2.60. The third-order valence-electron chi connectivity index (χ3n) is 6.58. The summed E-state index contributed by atoms with van der Waals surface area (Å²) in [5.74, 6) is 1.85. The lowest BCUT2D eigenvalue weighted by atomic mass is 9.69. The van der Waals surface area contributed by atoms with Crippen molar-refractivity contribution in [1.29, 1.82) is 0 Å². The summed E-state index contributed by atoms with van der Waals surface area (Å²) < 4.78 is 6.59. The van der Waals surface area contributed by atoms with Crippen molar-refractivity contribution in [2.45, 2.75) is 52.6 Å². The van der Waals surface area contributed by atoms with Crippen molar-refractivity contribution in [3.05, 3.63) is 28.2 Å². The molecule has 1 aromatic carbocycles. The van der Waals surface area contributed by atoms with Gasteiger partial charge < -0.3 is 10.1 Å². The van der Waals surface area contributed by atoms with E-state index < -0.39 is 0 Å². The molecule has 3 atom stereocenters. The molecule has 0 amide bonds. The van der Waals surface area contributed by atoms with Gasteiger partial charge in [0.2, 0.25) is 0 Å². The van der Waals surface area contributed by atoms with E-state index in [1.54, 1.807) is 7.11 Å². The van der Waals surface area contributed by atoms with Crippen LogP contribution in [0.2, 0.25) is 0 Å². The fourth-order valence-corrected chi connectivity index (χ4v) is 5.04. The Labute approximate surface area is 136 Å². The average Bonchev–Trinajstić information content (AvgIpc) is 2.78. The second kappa shape index (κ2) is 5.27. The molecule has 116 valence electrons. The van der Waals surface area contributed by atoms with Crippen molar-refractivity contribution < 1.29 is 4.74 Å². The van der Waals surface area contributed by atoms with Crippen LogP contribution in [-0.4, -0.2) is 13.2 Å². The highest BCUT2D eigenvalue weighted by Crippen LogP contribution is 2.65. The molecule has 0 radical (unpaired) electrons. The number of hydrogen-bond donors (Lipinski definition) is 1. The van der Waals surface area contributed by atoms with Crippen molar-refractivity contribution in [1.82, 2.24) is 5.32 Å². The van der Waals surface area contributed by atoms with E-state index in [4.69, 9.17) is 4.74 Å². The second-order valence-electron chi connectivity index (χ2n) is 7.50. The molecule has 0 unspecified atom stereocenters. The van der Waals surface area contributed by atoms with Gasteiger partial charge >= 0.3 is 0 Å². The Kier molecular flexibility index (Phi) is 3.86. The lowest BCUT2D eigenvalue weighted by molar-refractivity contribution is 0.120. The number of fused-ring (bicyclic) bond motifs is 2. The van der Waals surface area contributed by atoms with Gasteiger partial charge in [0.15, 0.2) is 0 Å². The summed E-state index contributed by atoms with van der Waals surface area (Å²) in [6, 6.07) is 6.85. The van der Waals surface area contributed by atoms with Crippen molar-refractivity contribution in [3.8, 4) is 5.75 Å². The van der Waals surface area contributed by atoms with Crippen molar-refractivity contribution >= 4 is 15.9 Å². The lowest BCUT2D eigenvalue weighted by Crippen LogP contribution is -2.44. The minimum atomic E-state index is 0.427. The Hall–Kier alpha value is -0.540. The zero-order valence-corrected chi connectivity index (χ0v) is 15.1. The molecule has 0 heterocycles. The predicted molar refractivity (Wildman–Crippen MR) is 90.6 cm³/mol. The van der Waals surface area contributed by atoms with Crippen LogP contribution in [0.4, 0.5) is 0 Å². The predicted octanol–water partition coefficient (Wildman–Crippen LogP) is 4.76. The molecule has 1 N–H and O–H groups in total. The van der Waals surface area contributed by atoms with Crippen LogP contribution < -0.4 is 10.1 Å². The quantitative estimate of drug-likeness (QED) is 0.843. The van der Waals surface area contributed by atoms with Crippen LogP contribution in [-0.2, 0) is 6.54 Å². The fraction of sp³-hybridized carbons (Fsp3) is 0.667. The summed E-state index contributed by atoms with van der Waals surface area (Å²) in [6.07, 6.45) is 4.08. The Morgan fingerprint density at radius 3 is 2.67 bits per heavy atom. The van der Waals surface area contributed by atoms with Crippen LogP contribution in [0.15, 0.2) is 22.7 Å². The van der Waals surface area contributed by atoms with Gasteiger partial charge in [-0.05, 0) is 54.2 Å². The van der Waals surface area contributed by atoms with E-state index in [0.717, 1.165) is 22.7 Å². The van der Waals surface area contributed by atoms with E-state index in [0.29, 0.717) is 16.9 Å². The van der Waals surface area contributed by atoms with Crippen LogP contribution in [0.25, 0.3) is 0 Å². The number of methoxy groups -OCH3 is 1. The smallest absolute Gasteiger partial charge is 0.123 e. The molecule has 2 saturated carbocycles. The van der Waals surface area contributed by atoms with E-state index in [2.05, 4.69) is 48.1 Å². The summed E-state index contributed by atoms with van der Waals surface area (Å²) in [7, 11) is 1.74. The van der Waals surface area contributed by atoms with Crippen LogP contribution >= 0.6 is 15.9 Å². The van der Waals surface area contributed by atoms with Gasteiger partial charge in [0, 0.05) is 22.6 Å². The van der Waals surface area contributed by atoms with Gasteiger partial charge in [-0.3, -0.25) is 0 Å². The lowest BCUT2D eigenvalue weighted by Gasteiger charge is -2.39. The SMILES string of the molecule is COc1ccc(Br)cc1CN[C@H]1C[C@@H]2CC[C@@]1(C)C2(C)C. The monoisotopic (exact) mass is 351 g/mol. The van der Waals surface area contributed by atoms with Crippen LogP contribution in [0.1, 0.15) is 45.6 Å². The first-order valence-electron chi connectivity index (χ1n) is 7.94. The van der Waals surface area contributed by atoms with E-state index in [1.165, 1.54) is 24.8 Å². The summed E-state index contributed by atoms with van der Waals surface area (Å²) in [6.45, 7) is 8.29. The molecule has 0 saturated heterocycles. The molecule has 0 spiro atoms. The van der Waals surface area contributed by atoms with Gasteiger partial charge in [0.25, 0.3) is 0 Å². The topological polar surface area (TPSA) is 21.3 Å². The number of hydrogen-bond acceptors (Lipinski definition) is 2. The molecule has 0 aromatic heterocycles. The van der Waals surface area contributed by atoms with Gasteiger partial charge in [-0.15, -0.1) is 0 Å². The van der Waals surface area contributed by atoms with Crippen LogP contribution in [0, 0.1) is 16.7 Å². The van der Waals surface area contributed by atoms with Gasteiger partial charge in [-0.2, -0.15) is 0 Å². The molecular formula is C18H26BrNO. The van der Waals surface area contributed by atoms with E-state index in [1.807, 2.05) is 12.1 Å². The zero-order valence-electron chi connectivity index (χ0n) is 13.5. The average molecular weight is 352 g/mol. The summed E-state index contributed by atoms with van der Waals surface area (Å²) in [4.78, 5) is 0. The van der Waals surface area contributed by atoms with Crippen LogP contribution in [0.5, 0.6) is 5.75 Å². The number of benzene rings is 1. The molecule has 1 aromatic rings. The maximum absolute atomic E-state index is 5.48. The highest BCUT2D eigenvalue weighted by molar-refractivity contribution is 9.10. The highest BCUT2D eigenvalue weighted by atomic mass is 79.9. The van der Waals surface area contributed by atoms with Gasteiger partial charge in [0.1, 0.15) is 5.75 Å². The molecule has 21 heavy (non-hydrogen) atoms.